The molecule has 0 spiro atoms. The zero-order valence-corrected chi connectivity index (χ0v) is 13.5. The molecule has 0 unspecified atom stereocenters. The van der Waals surface area contributed by atoms with E-state index in [1.54, 1.807) is 0 Å². The number of phenolic OH excluding ortho intramolecular Hbond substituents is 2. The van der Waals surface area contributed by atoms with Crippen LogP contribution in [0.15, 0.2) is 35.4 Å². The minimum absolute atomic E-state index is 0.00301. The number of nitro groups is 3. The fourth-order valence-corrected chi connectivity index (χ4v) is 2.09. The monoisotopic (exact) mass is 377 g/mol. The van der Waals surface area contributed by atoms with Crippen molar-refractivity contribution in [2.75, 3.05) is 5.43 Å². The lowest BCUT2D eigenvalue weighted by atomic mass is 10.1. The van der Waals surface area contributed by atoms with E-state index in [1.807, 2.05) is 0 Å². The summed E-state index contributed by atoms with van der Waals surface area (Å²) in [5, 5.41) is 55.8. The van der Waals surface area contributed by atoms with Crippen LogP contribution >= 0.6 is 0 Å². The average Bonchev–Trinajstić information content (AvgIpc) is 2.58. The third kappa shape index (κ3) is 4.04. The van der Waals surface area contributed by atoms with E-state index in [0.29, 0.717) is 0 Å². The van der Waals surface area contributed by atoms with E-state index in [9.17, 15) is 40.6 Å². The number of anilines is 1. The number of nitrogens with zero attached hydrogens (tertiary/aromatic N) is 4. The quantitative estimate of drug-likeness (QED) is 0.385. The molecule has 0 radical (unpaired) electrons. The summed E-state index contributed by atoms with van der Waals surface area (Å²) < 4.78 is 0. The summed E-state index contributed by atoms with van der Waals surface area (Å²) in [5.74, 6) is -1.24. The molecule has 2 rings (SSSR count). The van der Waals surface area contributed by atoms with Crippen LogP contribution < -0.4 is 5.43 Å². The first-order valence-electron chi connectivity index (χ1n) is 7.05. The number of benzene rings is 2. The van der Waals surface area contributed by atoms with Gasteiger partial charge >= 0.3 is 11.4 Å². The zero-order valence-electron chi connectivity index (χ0n) is 13.5. The second kappa shape index (κ2) is 7.30. The number of phenols is 2. The number of hydrazone groups is 1. The van der Waals surface area contributed by atoms with Crippen LogP contribution in [0.4, 0.5) is 22.7 Å². The lowest BCUT2D eigenvalue weighted by Crippen LogP contribution is -2.03. The predicted octanol–water partition coefficient (Wildman–Crippen LogP) is 2.66. The molecule has 13 heteroatoms. The Bertz CT molecular complexity index is 988. The Morgan fingerprint density at radius 2 is 1.56 bits per heavy atom. The molecule has 140 valence electrons. The molecule has 0 aliphatic heterocycles. The van der Waals surface area contributed by atoms with Crippen LogP contribution in [0.25, 0.3) is 0 Å². The number of aromatic hydroxyl groups is 2. The summed E-state index contributed by atoms with van der Waals surface area (Å²) in [6.45, 7) is 1.35. The SMILES string of the molecule is CC(=NNc1ccc([N+](=O)[O-])cc1[N+](=O)[O-])c1cc([N+](=O)[O-])c(O)cc1O. The number of hydrogen-bond donors (Lipinski definition) is 3. The summed E-state index contributed by atoms with van der Waals surface area (Å²) >= 11 is 0. The molecule has 0 atom stereocenters. The molecule has 0 aliphatic rings. The van der Waals surface area contributed by atoms with Gasteiger partial charge in [0, 0.05) is 23.8 Å². The van der Waals surface area contributed by atoms with Crippen molar-refractivity contribution >= 4 is 28.5 Å². The second-order valence-electron chi connectivity index (χ2n) is 5.14. The summed E-state index contributed by atoms with van der Waals surface area (Å²) in [7, 11) is 0. The Morgan fingerprint density at radius 3 is 2.11 bits per heavy atom. The number of nitrogens with one attached hydrogen (secondary N) is 1. The fraction of sp³-hybridized carbons (Fsp3) is 0.0714. The highest BCUT2D eigenvalue weighted by molar-refractivity contribution is 6.02. The van der Waals surface area contributed by atoms with Crippen LogP contribution in [-0.4, -0.2) is 30.7 Å². The molecule has 0 heterocycles. The van der Waals surface area contributed by atoms with Crippen molar-refractivity contribution in [2.45, 2.75) is 6.92 Å². The topological polar surface area (TPSA) is 194 Å². The number of hydrogen-bond acceptors (Lipinski definition) is 10. The molecule has 27 heavy (non-hydrogen) atoms. The number of rotatable bonds is 6. The van der Waals surface area contributed by atoms with Gasteiger partial charge in [-0.3, -0.25) is 35.8 Å². The van der Waals surface area contributed by atoms with E-state index >= 15 is 0 Å². The molecule has 0 saturated carbocycles. The maximum Gasteiger partial charge on any atom is 0.311 e. The highest BCUT2D eigenvalue weighted by Gasteiger charge is 2.21. The van der Waals surface area contributed by atoms with Crippen LogP contribution in [0.2, 0.25) is 0 Å². The van der Waals surface area contributed by atoms with Gasteiger partial charge in [-0.25, -0.2) is 0 Å². The molecule has 2 aromatic rings. The predicted molar refractivity (Wildman–Crippen MR) is 92.0 cm³/mol. The first kappa shape index (κ1) is 19.0. The van der Waals surface area contributed by atoms with Gasteiger partial charge in [0.05, 0.1) is 26.5 Å². The summed E-state index contributed by atoms with van der Waals surface area (Å²) in [6, 6.07) is 4.50. The maximum absolute atomic E-state index is 11.1. The molecular formula is C14H11N5O8. The van der Waals surface area contributed by atoms with E-state index in [2.05, 4.69) is 10.5 Å². The first-order valence-corrected chi connectivity index (χ1v) is 7.05. The summed E-state index contributed by atoms with van der Waals surface area (Å²) in [4.78, 5) is 30.2. The van der Waals surface area contributed by atoms with E-state index in [-0.39, 0.29) is 17.0 Å². The van der Waals surface area contributed by atoms with Gasteiger partial charge in [-0.15, -0.1) is 0 Å². The van der Waals surface area contributed by atoms with Crippen molar-refractivity contribution in [1.82, 2.24) is 0 Å². The van der Waals surface area contributed by atoms with Crippen molar-refractivity contribution in [3.05, 3.63) is 66.2 Å². The molecule has 13 nitrogen and oxygen atoms in total. The second-order valence-corrected chi connectivity index (χ2v) is 5.14. The van der Waals surface area contributed by atoms with E-state index in [0.717, 1.165) is 30.3 Å². The minimum Gasteiger partial charge on any atom is -0.507 e. The Kier molecular flexibility index (Phi) is 5.15. The molecule has 0 fully saturated rings. The lowest BCUT2D eigenvalue weighted by Gasteiger charge is -2.07. The standard InChI is InChI=1S/C14H11N5O8/c1-7(9-5-12(19(26)27)14(21)6-13(9)20)15-16-10-3-2-8(17(22)23)4-11(10)18(24)25/h2-6,16,20-21H,1H3. The highest BCUT2D eigenvalue weighted by atomic mass is 16.6. The van der Waals surface area contributed by atoms with Gasteiger partial charge < -0.3 is 10.2 Å². The molecule has 0 saturated heterocycles. The highest BCUT2D eigenvalue weighted by Crippen LogP contribution is 2.33. The molecular weight excluding hydrogens is 366 g/mol. The van der Waals surface area contributed by atoms with Crippen molar-refractivity contribution in [3.63, 3.8) is 0 Å². The third-order valence-electron chi connectivity index (χ3n) is 3.41. The van der Waals surface area contributed by atoms with E-state index < -0.39 is 43.3 Å². The summed E-state index contributed by atoms with van der Waals surface area (Å²) in [6.07, 6.45) is 0. The minimum atomic E-state index is -0.861. The van der Waals surface area contributed by atoms with Gasteiger partial charge in [-0.05, 0) is 13.0 Å². The van der Waals surface area contributed by atoms with Crippen LogP contribution in [0.1, 0.15) is 12.5 Å². The summed E-state index contributed by atoms with van der Waals surface area (Å²) in [5.41, 5.74) is 0.300. The number of non-ortho nitro benzene ring substituents is 1. The van der Waals surface area contributed by atoms with Crippen molar-refractivity contribution in [3.8, 4) is 11.5 Å². The van der Waals surface area contributed by atoms with Crippen molar-refractivity contribution < 1.29 is 25.0 Å². The van der Waals surface area contributed by atoms with Gasteiger partial charge in [0.1, 0.15) is 11.4 Å². The van der Waals surface area contributed by atoms with Gasteiger partial charge in [0.25, 0.3) is 5.69 Å². The Morgan fingerprint density at radius 1 is 0.926 bits per heavy atom. The first-order chi connectivity index (χ1) is 12.6. The maximum atomic E-state index is 11.1. The molecule has 0 aliphatic carbocycles. The number of nitro benzene ring substituents is 3. The fourth-order valence-electron chi connectivity index (χ4n) is 2.09. The van der Waals surface area contributed by atoms with Gasteiger partial charge in [-0.1, -0.05) is 0 Å². The van der Waals surface area contributed by atoms with Crippen molar-refractivity contribution in [2.24, 2.45) is 5.10 Å². The molecule has 0 aromatic heterocycles. The lowest BCUT2D eigenvalue weighted by molar-refractivity contribution is -0.393. The normalized spacial score (nSPS) is 11.1. The zero-order chi connectivity index (χ0) is 20.3. The van der Waals surface area contributed by atoms with Crippen molar-refractivity contribution in [1.29, 1.82) is 0 Å². The van der Waals surface area contributed by atoms with E-state index in [4.69, 9.17) is 0 Å². The van der Waals surface area contributed by atoms with Crippen LogP contribution in [0.3, 0.4) is 0 Å². The molecule has 0 amide bonds. The van der Waals surface area contributed by atoms with Gasteiger partial charge in [0.2, 0.25) is 0 Å². The Labute approximate surface area is 149 Å². The smallest absolute Gasteiger partial charge is 0.311 e. The van der Waals surface area contributed by atoms with E-state index in [1.165, 1.54) is 6.92 Å². The largest absolute Gasteiger partial charge is 0.507 e. The van der Waals surface area contributed by atoms with Crippen LogP contribution in [0.5, 0.6) is 11.5 Å². The molecule has 3 N–H and O–H groups in total. The third-order valence-corrected chi connectivity index (χ3v) is 3.41. The van der Waals surface area contributed by atoms with Gasteiger partial charge in [0.15, 0.2) is 5.75 Å². The average molecular weight is 377 g/mol. The molecule has 0 bridgehead atoms. The molecule has 2 aromatic carbocycles. The Hall–Kier alpha value is -4.29. The van der Waals surface area contributed by atoms with Crippen LogP contribution in [0, 0.1) is 30.3 Å². The van der Waals surface area contributed by atoms with Gasteiger partial charge in [-0.2, -0.15) is 5.10 Å². The van der Waals surface area contributed by atoms with Crippen LogP contribution in [-0.2, 0) is 0 Å². The Balaban J connectivity index is 2.41.